The Morgan fingerprint density at radius 1 is 0.585 bits per heavy atom. The molecular weight excluding hydrogens is 649 g/mol. The number of benzene rings is 6. The van der Waals surface area contributed by atoms with Gasteiger partial charge in [0.15, 0.2) is 0 Å². The summed E-state index contributed by atoms with van der Waals surface area (Å²) >= 11 is 0. The summed E-state index contributed by atoms with van der Waals surface area (Å²) in [6.45, 7) is 4.58. The molecule has 3 heterocycles. The van der Waals surface area contributed by atoms with Crippen molar-refractivity contribution in [2.24, 2.45) is 0 Å². The van der Waals surface area contributed by atoms with Crippen LogP contribution in [-0.4, -0.2) is 19.9 Å². The minimum atomic E-state index is -0.702. The quantitative estimate of drug-likeness (QED) is 0.163. The van der Waals surface area contributed by atoms with Crippen LogP contribution in [0.5, 0.6) is 11.5 Å². The van der Waals surface area contributed by atoms with Crippen molar-refractivity contribution in [1.29, 1.82) is 0 Å². The number of fused-ring (bicyclic) bond motifs is 2. The van der Waals surface area contributed by atoms with E-state index >= 15 is 0 Å². The lowest BCUT2D eigenvalue weighted by Gasteiger charge is -2.46. The Bertz CT molecular complexity index is 2430. The van der Waals surface area contributed by atoms with Crippen LogP contribution in [0.15, 0.2) is 170 Å². The molecule has 2 aliphatic rings. The third-order valence-electron chi connectivity index (χ3n) is 11.2. The number of hydrogen-bond acceptors (Lipinski definition) is 3. The second kappa shape index (κ2) is 12.7. The van der Waals surface area contributed by atoms with E-state index in [0.29, 0.717) is 0 Å². The summed E-state index contributed by atoms with van der Waals surface area (Å²) in [6.07, 6.45) is 4.54. The summed E-state index contributed by atoms with van der Waals surface area (Å²) in [5.74, 6) is 1.72. The van der Waals surface area contributed by atoms with Gasteiger partial charge in [0, 0.05) is 59.3 Å². The van der Waals surface area contributed by atoms with E-state index in [1.807, 2.05) is 12.1 Å². The number of aromatic nitrogens is 1. The van der Waals surface area contributed by atoms with Crippen LogP contribution in [0.2, 0.25) is 0 Å². The van der Waals surface area contributed by atoms with Crippen molar-refractivity contribution in [2.75, 3.05) is 19.1 Å². The number of para-hydroxylation sites is 1. The molecule has 0 fully saturated rings. The van der Waals surface area contributed by atoms with Gasteiger partial charge in [0.25, 0.3) is 0 Å². The second-order valence-electron chi connectivity index (χ2n) is 14.4. The molecule has 1 atom stereocenters. The Morgan fingerprint density at radius 2 is 1.15 bits per heavy atom. The zero-order valence-corrected chi connectivity index (χ0v) is 30.5. The highest BCUT2D eigenvalue weighted by atomic mass is 16.5. The molecule has 4 heteroatoms. The van der Waals surface area contributed by atoms with Gasteiger partial charge >= 0.3 is 0 Å². The van der Waals surface area contributed by atoms with Crippen molar-refractivity contribution in [3.05, 3.63) is 181 Å². The topological polar surface area (TPSA) is 25.6 Å². The molecule has 0 saturated heterocycles. The summed E-state index contributed by atoms with van der Waals surface area (Å²) in [5, 5.41) is 0. The summed E-state index contributed by atoms with van der Waals surface area (Å²) in [6, 6.07) is 58.2. The van der Waals surface area contributed by atoms with Gasteiger partial charge in [0.2, 0.25) is 22.8 Å². The van der Waals surface area contributed by atoms with Gasteiger partial charge in [-0.2, -0.15) is 4.57 Å². The van der Waals surface area contributed by atoms with E-state index in [4.69, 9.17) is 9.47 Å². The zero-order chi connectivity index (χ0) is 36.2. The SMILES string of the molecule is COc1ccc(-c2cc(-c3ccccc3)[n+](-c3cc4c(c(-c5ccccc5)c3)OC3(C=C4)N(C)c4ccccc4C3(C)C)c(-c3ccccc3)c2)cc1. The third-order valence-corrected chi connectivity index (χ3v) is 11.2. The molecule has 1 aromatic heterocycles. The molecule has 0 N–H and O–H groups in total. The molecule has 4 nitrogen and oxygen atoms in total. The van der Waals surface area contributed by atoms with Crippen LogP contribution in [0.1, 0.15) is 25.0 Å². The molecule has 0 bridgehead atoms. The molecule has 2 aliphatic heterocycles. The Hall–Kier alpha value is -6.39. The van der Waals surface area contributed by atoms with Gasteiger partial charge in [-0.1, -0.05) is 97.1 Å². The predicted molar refractivity (Wildman–Crippen MR) is 217 cm³/mol. The number of nitrogens with zero attached hydrogens (tertiary/aromatic N) is 2. The smallest absolute Gasteiger partial charge is 0.219 e. The molecule has 9 rings (SSSR count). The van der Waals surface area contributed by atoms with Gasteiger partial charge in [-0.15, -0.1) is 0 Å². The van der Waals surface area contributed by atoms with Crippen LogP contribution in [-0.2, 0) is 5.41 Å². The molecule has 1 spiro atoms. The van der Waals surface area contributed by atoms with Gasteiger partial charge in [-0.25, -0.2) is 0 Å². The van der Waals surface area contributed by atoms with Crippen LogP contribution in [0.4, 0.5) is 5.69 Å². The van der Waals surface area contributed by atoms with E-state index in [1.54, 1.807) is 7.11 Å². The average molecular weight is 690 g/mol. The first-order valence-electron chi connectivity index (χ1n) is 18.2. The fraction of sp³-hybridized carbons (Fsp3) is 0.122. The van der Waals surface area contributed by atoms with Gasteiger partial charge in [0.05, 0.1) is 12.5 Å². The van der Waals surface area contributed by atoms with Crippen LogP contribution in [0.3, 0.4) is 0 Å². The maximum atomic E-state index is 7.41. The maximum absolute atomic E-state index is 7.41. The molecule has 0 saturated carbocycles. The minimum Gasteiger partial charge on any atom is -0.497 e. The third kappa shape index (κ3) is 5.24. The van der Waals surface area contributed by atoms with Crippen LogP contribution < -0.4 is 18.9 Å². The molecule has 6 aromatic carbocycles. The summed E-state index contributed by atoms with van der Waals surface area (Å²) < 4.78 is 15.3. The fourth-order valence-corrected chi connectivity index (χ4v) is 8.29. The highest BCUT2D eigenvalue weighted by Crippen LogP contribution is 2.55. The standard InChI is InChI=1S/C49H41N2O2/c1-48(2)43-22-14-15-23-44(43)50(3)49(48)29-28-38-30-40(33-42(47(38)53-49)35-16-8-5-9-17-35)51-45(36-18-10-6-11-19-36)31-39(34-24-26-41(52-4)27-25-34)32-46(51)37-20-12-7-13-21-37/h5-33H,1-4H3/q+1. The van der Waals surface area contributed by atoms with Crippen molar-refractivity contribution >= 4 is 11.8 Å². The van der Waals surface area contributed by atoms with E-state index in [2.05, 4.69) is 194 Å². The number of pyridine rings is 1. The Kier molecular flexibility index (Phi) is 7.78. The van der Waals surface area contributed by atoms with Gasteiger partial charge < -0.3 is 14.4 Å². The first-order chi connectivity index (χ1) is 25.9. The van der Waals surface area contributed by atoms with Crippen molar-refractivity contribution < 1.29 is 14.0 Å². The maximum Gasteiger partial charge on any atom is 0.219 e. The Labute approximate surface area is 311 Å². The van der Waals surface area contributed by atoms with Crippen molar-refractivity contribution in [3.63, 3.8) is 0 Å². The molecule has 0 aliphatic carbocycles. The molecule has 1 unspecified atom stereocenters. The first kappa shape index (κ1) is 32.5. The Morgan fingerprint density at radius 3 is 1.74 bits per heavy atom. The highest BCUT2D eigenvalue weighted by molar-refractivity contribution is 5.83. The lowest BCUT2D eigenvalue weighted by molar-refractivity contribution is -0.572. The molecule has 7 aromatic rings. The number of likely N-dealkylation sites (N-methyl/N-ethyl adjacent to an activating group) is 1. The van der Waals surface area contributed by atoms with Gasteiger partial charge in [0.1, 0.15) is 11.5 Å². The summed E-state index contributed by atoms with van der Waals surface area (Å²) in [5.41, 5.74) is 12.3. The van der Waals surface area contributed by atoms with Crippen molar-refractivity contribution in [3.8, 4) is 62.0 Å². The number of methoxy groups -OCH3 is 1. The predicted octanol–water partition coefficient (Wildman–Crippen LogP) is 11.2. The number of ether oxygens (including phenoxy) is 2. The van der Waals surface area contributed by atoms with Gasteiger partial charge in [-0.3, -0.25) is 0 Å². The lowest BCUT2D eigenvalue weighted by atomic mass is 9.76. The Balaban J connectivity index is 1.31. The average Bonchev–Trinajstić information content (AvgIpc) is 3.38. The van der Waals surface area contributed by atoms with E-state index < -0.39 is 5.72 Å². The van der Waals surface area contributed by atoms with Crippen LogP contribution in [0, 0.1) is 0 Å². The van der Waals surface area contributed by atoms with E-state index in [0.717, 1.165) is 67.5 Å². The number of rotatable bonds is 6. The normalized spacial score (nSPS) is 16.6. The summed E-state index contributed by atoms with van der Waals surface area (Å²) in [4.78, 5) is 2.30. The minimum absolute atomic E-state index is 0.313. The van der Waals surface area contributed by atoms with Gasteiger partial charge in [-0.05, 0) is 90.7 Å². The number of anilines is 1. The van der Waals surface area contributed by atoms with Crippen LogP contribution in [0.25, 0.3) is 56.5 Å². The van der Waals surface area contributed by atoms with E-state index in [-0.39, 0.29) is 5.41 Å². The highest BCUT2D eigenvalue weighted by Gasteiger charge is 2.57. The molecule has 0 amide bonds. The van der Waals surface area contributed by atoms with E-state index in [9.17, 15) is 0 Å². The first-order valence-corrected chi connectivity index (χ1v) is 18.2. The van der Waals surface area contributed by atoms with Crippen molar-refractivity contribution in [1.82, 2.24) is 0 Å². The molecule has 258 valence electrons. The monoisotopic (exact) mass is 689 g/mol. The van der Waals surface area contributed by atoms with Crippen molar-refractivity contribution in [2.45, 2.75) is 25.0 Å². The summed E-state index contributed by atoms with van der Waals surface area (Å²) in [7, 11) is 3.85. The van der Waals surface area contributed by atoms with E-state index in [1.165, 1.54) is 11.3 Å². The fourth-order valence-electron chi connectivity index (χ4n) is 8.29. The molecule has 0 radical (unpaired) electrons. The molecular formula is C49H41N2O2+. The number of hydrogen-bond donors (Lipinski definition) is 0. The molecule has 53 heavy (non-hydrogen) atoms. The zero-order valence-electron chi connectivity index (χ0n) is 30.5. The largest absolute Gasteiger partial charge is 0.497 e. The van der Waals surface area contributed by atoms with Crippen LogP contribution >= 0.6 is 0 Å². The second-order valence-corrected chi connectivity index (χ2v) is 14.4. The lowest BCUT2D eigenvalue weighted by Crippen LogP contribution is -2.58.